The van der Waals surface area contributed by atoms with Gasteiger partial charge in [0, 0.05) is 24.8 Å². The van der Waals surface area contributed by atoms with Crippen molar-refractivity contribution in [3.05, 3.63) is 93.9 Å². The molecular weight excluding hydrogens is 420 g/mol. The molecule has 9 heteroatoms. The number of aryl methyl sites for hydroxylation is 1. The molecule has 0 bridgehead atoms. The molecule has 7 nitrogen and oxygen atoms in total. The van der Waals surface area contributed by atoms with E-state index in [4.69, 9.17) is 4.74 Å². The van der Waals surface area contributed by atoms with Gasteiger partial charge in [-0.2, -0.15) is 0 Å². The normalized spacial score (nSPS) is 10.5. The van der Waals surface area contributed by atoms with E-state index in [-0.39, 0.29) is 36.6 Å². The number of aromatic nitrogens is 1. The number of carbonyl (C=O) groups is 2. The van der Waals surface area contributed by atoms with Gasteiger partial charge in [-0.3, -0.25) is 14.9 Å². The van der Waals surface area contributed by atoms with E-state index in [1.807, 2.05) is 0 Å². The molecule has 0 aliphatic rings. The van der Waals surface area contributed by atoms with Crippen molar-refractivity contribution in [3.63, 3.8) is 0 Å². The number of hydrogen-bond donors (Lipinski definition) is 2. The van der Waals surface area contributed by atoms with E-state index in [9.17, 15) is 23.2 Å². The standard InChI is InChI=1S/C23H21F2N3O4/c1-15-5-4-11-28(22(15)30)12-10-26-23(31)27-21(29)14-16-8-9-20(18(25)13-16)32-19-7-3-2-6-17(19)24/h2-9,11,13H,10,12,14H2,1H3,(H2,26,27,29,31). The fraction of sp³-hybridized carbons (Fsp3) is 0.174. The highest BCUT2D eigenvalue weighted by atomic mass is 19.1. The fourth-order valence-corrected chi connectivity index (χ4v) is 2.91. The van der Waals surface area contributed by atoms with Gasteiger partial charge >= 0.3 is 6.03 Å². The van der Waals surface area contributed by atoms with Crippen LogP contribution < -0.4 is 20.9 Å². The molecule has 1 aromatic heterocycles. The molecular formula is C23H21F2N3O4. The SMILES string of the molecule is Cc1cccn(CCNC(=O)NC(=O)Cc2ccc(Oc3ccccc3F)c(F)c2)c1=O. The second-order valence-corrected chi connectivity index (χ2v) is 6.97. The lowest BCUT2D eigenvalue weighted by Crippen LogP contribution is -2.42. The number of imide groups is 1. The molecule has 2 N–H and O–H groups in total. The molecule has 0 fully saturated rings. The molecule has 0 aliphatic heterocycles. The quantitative estimate of drug-likeness (QED) is 0.589. The maximum atomic E-state index is 14.3. The lowest BCUT2D eigenvalue weighted by molar-refractivity contribution is -0.119. The number of nitrogens with one attached hydrogen (secondary N) is 2. The topological polar surface area (TPSA) is 89.4 Å². The summed E-state index contributed by atoms with van der Waals surface area (Å²) in [5.74, 6) is -2.36. The zero-order valence-corrected chi connectivity index (χ0v) is 17.2. The number of ether oxygens (including phenoxy) is 1. The zero-order valence-electron chi connectivity index (χ0n) is 17.2. The summed E-state index contributed by atoms with van der Waals surface area (Å²) in [6.07, 6.45) is 1.36. The summed E-state index contributed by atoms with van der Waals surface area (Å²) < 4.78 is 34.6. The number of urea groups is 1. The molecule has 0 saturated heterocycles. The van der Waals surface area contributed by atoms with Crippen LogP contribution >= 0.6 is 0 Å². The van der Waals surface area contributed by atoms with Crippen molar-refractivity contribution in [1.82, 2.24) is 15.2 Å². The van der Waals surface area contributed by atoms with Crippen molar-refractivity contribution in [3.8, 4) is 11.5 Å². The van der Waals surface area contributed by atoms with Crippen molar-refractivity contribution in [1.29, 1.82) is 0 Å². The van der Waals surface area contributed by atoms with E-state index < -0.39 is 23.6 Å². The number of amides is 3. The van der Waals surface area contributed by atoms with Gasteiger partial charge in [0.25, 0.3) is 5.56 Å². The third kappa shape index (κ3) is 6.00. The highest BCUT2D eigenvalue weighted by Crippen LogP contribution is 2.27. The first-order valence-electron chi connectivity index (χ1n) is 9.78. The minimum atomic E-state index is -0.772. The summed E-state index contributed by atoms with van der Waals surface area (Å²) >= 11 is 0. The highest BCUT2D eigenvalue weighted by Gasteiger charge is 2.13. The van der Waals surface area contributed by atoms with Crippen LogP contribution in [0, 0.1) is 18.6 Å². The maximum Gasteiger partial charge on any atom is 0.321 e. The number of hydrogen-bond acceptors (Lipinski definition) is 4. The van der Waals surface area contributed by atoms with Crippen LogP contribution in [-0.4, -0.2) is 23.1 Å². The van der Waals surface area contributed by atoms with Crippen molar-refractivity contribution >= 4 is 11.9 Å². The summed E-state index contributed by atoms with van der Waals surface area (Å²) in [4.78, 5) is 35.9. The predicted molar refractivity (Wildman–Crippen MR) is 114 cm³/mol. The molecule has 3 aromatic rings. The van der Waals surface area contributed by atoms with Crippen molar-refractivity contribution in [2.75, 3.05) is 6.54 Å². The average Bonchev–Trinajstić information content (AvgIpc) is 2.74. The van der Waals surface area contributed by atoms with Crippen molar-refractivity contribution in [2.24, 2.45) is 0 Å². The van der Waals surface area contributed by atoms with E-state index in [1.54, 1.807) is 31.3 Å². The molecule has 0 saturated carbocycles. The zero-order chi connectivity index (χ0) is 23.1. The first-order chi connectivity index (χ1) is 15.3. The molecule has 0 radical (unpaired) electrons. The van der Waals surface area contributed by atoms with Gasteiger partial charge < -0.3 is 14.6 Å². The molecule has 0 unspecified atom stereocenters. The number of benzene rings is 2. The summed E-state index contributed by atoms with van der Waals surface area (Å²) in [6, 6.07) is 12.1. The first kappa shape index (κ1) is 22.7. The van der Waals surface area contributed by atoms with Crippen molar-refractivity contribution in [2.45, 2.75) is 19.9 Å². The van der Waals surface area contributed by atoms with Gasteiger partial charge in [-0.05, 0) is 42.8 Å². The minimum Gasteiger partial charge on any atom is -0.451 e. The Morgan fingerprint density at radius 2 is 1.75 bits per heavy atom. The smallest absolute Gasteiger partial charge is 0.321 e. The Labute approximate surface area is 182 Å². The molecule has 0 spiro atoms. The van der Waals surface area contributed by atoms with Crippen LogP contribution in [0.25, 0.3) is 0 Å². The molecule has 0 aliphatic carbocycles. The summed E-state index contributed by atoms with van der Waals surface area (Å²) in [5.41, 5.74) is 0.736. The van der Waals surface area contributed by atoms with E-state index in [2.05, 4.69) is 10.6 Å². The van der Waals surface area contributed by atoms with Crippen LogP contribution in [-0.2, 0) is 17.8 Å². The summed E-state index contributed by atoms with van der Waals surface area (Å²) in [5, 5.41) is 4.63. The molecule has 3 amide bonds. The first-order valence-corrected chi connectivity index (χ1v) is 9.78. The van der Waals surface area contributed by atoms with Crippen LogP contribution in [0.5, 0.6) is 11.5 Å². The number of halogens is 2. The Morgan fingerprint density at radius 1 is 1.00 bits per heavy atom. The van der Waals surface area contributed by atoms with Crippen LogP contribution in [0.1, 0.15) is 11.1 Å². The van der Waals surface area contributed by atoms with E-state index in [0.717, 1.165) is 6.07 Å². The average molecular weight is 441 g/mol. The number of nitrogens with zero attached hydrogens (tertiary/aromatic N) is 1. The number of para-hydroxylation sites is 1. The van der Waals surface area contributed by atoms with Gasteiger partial charge in [0.1, 0.15) is 0 Å². The monoisotopic (exact) mass is 441 g/mol. The largest absolute Gasteiger partial charge is 0.451 e. The van der Waals surface area contributed by atoms with Gasteiger partial charge in [-0.25, -0.2) is 13.6 Å². The van der Waals surface area contributed by atoms with E-state index >= 15 is 0 Å². The number of pyridine rings is 1. The predicted octanol–water partition coefficient (Wildman–Crippen LogP) is 3.30. The molecule has 1 heterocycles. The Hall–Kier alpha value is -4.01. The van der Waals surface area contributed by atoms with E-state index in [0.29, 0.717) is 11.1 Å². The maximum absolute atomic E-state index is 14.3. The van der Waals surface area contributed by atoms with Crippen LogP contribution in [0.2, 0.25) is 0 Å². The van der Waals surface area contributed by atoms with Crippen LogP contribution in [0.3, 0.4) is 0 Å². The number of rotatable bonds is 7. The molecule has 32 heavy (non-hydrogen) atoms. The van der Waals surface area contributed by atoms with Gasteiger partial charge in [0.15, 0.2) is 23.1 Å². The Balaban J connectivity index is 1.49. The molecule has 0 atom stereocenters. The Morgan fingerprint density at radius 3 is 2.50 bits per heavy atom. The fourth-order valence-electron chi connectivity index (χ4n) is 2.91. The van der Waals surface area contributed by atoms with E-state index in [1.165, 1.54) is 34.9 Å². The molecule has 166 valence electrons. The van der Waals surface area contributed by atoms with Gasteiger partial charge in [-0.1, -0.05) is 24.3 Å². The Kier molecular flexibility index (Phi) is 7.33. The summed E-state index contributed by atoms with van der Waals surface area (Å²) in [6.45, 7) is 2.08. The number of carbonyl (C=O) groups excluding carboxylic acids is 2. The summed E-state index contributed by atoms with van der Waals surface area (Å²) in [7, 11) is 0. The van der Waals surface area contributed by atoms with Crippen molar-refractivity contribution < 1.29 is 23.1 Å². The molecule has 2 aromatic carbocycles. The third-order valence-electron chi connectivity index (χ3n) is 4.52. The third-order valence-corrected chi connectivity index (χ3v) is 4.52. The van der Waals surface area contributed by atoms with Gasteiger partial charge in [0.2, 0.25) is 5.91 Å². The van der Waals surface area contributed by atoms with Crippen LogP contribution in [0.15, 0.2) is 65.6 Å². The van der Waals surface area contributed by atoms with Gasteiger partial charge in [0.05, 0.1) is 6.42 Å². The second-order valence-electron chi connectivity index (χ2n) is 6.97. The van der Waals surface area contributed by atoms with Gasteiger partial charge in [-0.15, -0.1) is 0 Å². The lowest BCUT2D eigenvalue weighted by Gasteiger charge is -2.10. The lowest BCUT2D eigenvalue weighted by atomic mass is 10.1. The van der Waals surface area contributed by atoms with Crippen LogP contribution in [0.4, 0.5) is 13.6 Å². The minimum absolute atomic E-state index is 0.124. The Bertz CT molecular complexity index is 1190. The second kappa shape index (κ2) is 10.3. The highest BCUT2D eigenvalue weighted by molar-refractivity contribution is 5.95. The molecule has 3 rings (SSSR count).